The number of halogens is 3. The number of allylic oxidation sites excluding steroid dienone is 1. The number of carbonyl (C=O) groups excluding carboxylic acids is 2. The van der Waals surface area contributed by atoms with E-state index in [2.05, 4.69) is 0 Å². The maximum Gasteiger partial charge on any atom is 0.341 e. The highest BCUT2D eigenvalue weighted by Gasteiger charge is 2.25. The highest BCUT2D eigenvalue weighted by Crippen LogP contribution is 2.24. The lowest BCUT2D eigenvalue weighted by molar-refractivity contribution is -0.138. The molecule has 0 saturated heterocycles. The predicted octanol–water partition coefficient (Wildman–Crippen LogP) is 3.70. The van der Waals surface area contributed by atoms with Gasteiger partial charge in [0.15, 0.2) is 5.82 Å². The number of ether oxygens (including phenoxy) is 1. The van der Waals surface area contributed by atoms with E-state index in [9.17, 15) is 18.4 Å². The fourth-order valence-corrected chi connectivity index (χ4v) is 1.69. The van der Waals surface area contributed by atoms with Crippen molar-refractivity contribution in [2.75, 3.05) is 6.61 Å². The molecule has 0 N–H and O–H groups in total. The van der Waals surface area contributed by atoms with Crippen molar-refractivity contribution in [1.29, 1.82) is 0 Å². The summed E-state index contributed by atoms with van der Waals surface area (Å²) in [6.45, 7) is 3.38. The standard InChI is InChI=1S/C14H13ClF2O3/c1-3-5-9(14(19)20-4-2)13(18)8-6-7-10(16)11(15)12(8)17/h5-7H,3-4H2,1-2H3. The van der Waals surface area contributed by atoms with E-state index in [0.29, 0.717) is 6.42 Å². The van der Waals surface area contributed by atoms with Gasteiger partial charge < -0.3 is 4.74 Å². The Morgan fingerprint density at radius 1 is 1.30 bits per heavy atom. The molecule has 0 unspecified atom stereocenters. The quantitative estimate of drug-likeness (QED) is 0.208. The van der Waals surface area contributed by atoms with Crippen molar-refractivity contribution in [3.05, 3.63) is 46.0 Å². The van der Waals surface area contributed by atoms with E-state index in [4.69, 9.17) is 16.3 Å². The van der Waals surface area contributed by atoms with Crippen LogP contribution in [0.1, 0.15) is 30.6 Å². The lowest BCUT2D eigenvalue weighted by Crippen LogP contribution is -2.17. The van der Waals surface area contributed by atoms with Crippen molar-refractivity contribution < 1.29 is 23.1 Å². The van der Waals surface area contributed by atoms with Crippen LogP contribution in [0.15, 0.2) is 23.8 Å². The molecule has 20 heavy (non-hydrogen) atoms. The van der Waals surface area contributed by atoms with Crippen LogP contribution in [0.25, 0.3) is 0 Å². The summed E-state index contributed by atoms with van der Waals surface area (Å²) in [6, 6.07) is 1.81. The van der Waals surface area contributed by atoms with Gasteiger partial charge in [-0.25, -0.2) is 13.6 Å². The van der Waals surface area contributed by atoms with Crippen LogP contribution in [0.2, 0.25) is 5.02 Å². The van der Waals surface area contributed by atoms with Gasteiger partial charge in [0.1, 0.15) is 16.4 Å². The van der Waals surface area contributed by atoms with Crippen LogP contribution in [0.4, 0.5) is 8.78 Å². The number of hydrogen-bond donors (Lipinski definition) is 0. The summed E-state index contributed by atoms with van der Waals surface area (Å²) in [5.74, 6) is -3.90. The number of carbonyl (C=O) groups is 2. The molecule has 1 aromatic carbocycles. The smallest absolute Gasteiger partial charge is 0.341 e. The Morgan fingerprint density at radius 3 is 2.50 bits per heavy atom. The minimum atomic E-state index is -1.19. The summed E-state index contributed by atoms with van der Waals surface area (Å²) >= 11 is 5.41. The van der Waals surface area contributed by atoms with Crippen LogP contribution in [0.3, 0.4) is 0 Å². The molecule has 0 aliphatic carbocycles. The molecule has 108 valence electrons. The molecule has 0 amide bonds. The minimum Gasteiger partial charge on any atom is -0.462 e. The van der Waals surface area contributed by atoms with E-state index in [1.807, 2.05) is 0 Å². The maximum atomic E-state index is 13.8. The average molecular weight is 303 g/mol. The maximum absolute atomic E-state index is 13.8. The molecule has 0 radical (unpaired) electrons. The Balaban J connectivity index is 3.24. The Hall–Kier alpha value is -1.75. The second-order valence-electron chi connectivity index (χ2n) is 3.80. The van der Waals surface area contributed by atoms with Gasteiger partial charge in [0.25, 0.3) is 0 Å². The van der Waals surface area contributed by atoms with E-state index in [-0.39, 0.29) is 12.2 Å². The monoisotopic (exact) mass is 302 g/mol. The topological polar surface area (TPSA) is 43.4 Å². The molecule has 0 fully saturated rings. The van der Waals surface area contributed by atoms with Crippen molar-refractivity contribution in [3.8, 4) is 0 Å². The second kappa shape index (κ2) is 7.14. The molecule has 6 heteroatoms. The van der Waals surface area contributed by atoms with Gasteiger partial charge in [0, 0.05) is 0 Å². The van der Waals surface area contributed by atoms with Crippen LogP contribution in [-0.2, 0) is 9.53 Å². The van der Waals surface area contributed by atoms with E-state index in [0.717, 1.165) is 12.1 Å². The SMILES string of the molecule is CCC=C(C(=O)OCC)C(=O)c1ccc(F)c(Cl)c1F. The number of hydrogen-bond acceptors (Lipinski definition) is 3. The average Bonchev–Trinajstić information content (AvgIpc) is 2.42. The van der Waals surface area contributed by atoms with Gasteiger partial charge in [-0.05, 0) is 25.5 Å². The van der Waals surface area contributed by atoms with Gasteiger partial charge in [-0.1, -0.05) is 24.6 Å². The van der Waals surface area contributed by atoms with E-state index in [1.54, 1.807) is 13.8 Å². The van der Waals surface area contributed by atoms with E-state index < -0.39 is 34.0 Å². The van der Waals surface area contributed by atoms with E-state index >= 15 is 0 Å². The molecule has 0 aliphatic rings. The zero-order chi connectivity index (χ0) is 15.3. The van der Waals surface area contributed by atoms with Gasteiger partial charge in [-0.15, -0.1) is 0 Å². The van der Waals surface area contributed by atoms with Gasteiger partial charge in [0.05, 0.1) is 12.2 Å². The van der Waals surface area contributed by atoms with E-state index in [1.165, 1.54) is 6.08 Å². The zero-order valence-electron chi connectivity index (χ0n) is 11.0. The summed E-state index contributed by atoms with van der Waals surface area (Å²) in [4.78, 5) is 23.8. The molecule has 0 aliphatic heterocycles. The first-order chi connectivity index (χ1) is 9.43. The van der Waals surface area contributed by atoms with Gasteiger partial charge in [-0.3, -0.25) is 4.79 Å². The Bertz CT molecular complexity index is 568. The molecular weight excluding hydrogens is 290 g/mol. The number of benzene rings is 1. The summed E-state index contributed by atoms with van der Waals surface area (Å²) < 4.78 is 31.6. The third-order valence-corrected chi connectivity index (χ3v) is 2.77. The fraction of sp³-hybridized carbons (Fsp3) is 0.286. The molecule has 1 aromatic rings. The highest BCUT2D eigenvalue weighted by molar-refractivity contribution is 6.32. The minimum absolute atomic E-state index is 0.0832. The number of ketones is 1. The van der Waals surface area contributed by atoms with Crippen LogP contribution in [0, 0.1) is 11.6 Å². The first-order valence-electron chi connectivity index (χ1n) is 5.99. The summed E-state index contributed by atoms with van der Waals surface area (Å²) in [5.41, 5.74) is -0.764. The normalized spacial score (nSPS) is 11.3. The Kier molecular flexibility index (Phi) is 5.82. The molecule has 3 nitrogen and oxygen atoms in total. The van der Waals surface area contributed by atoms with Crippen molar-refractivity contribution >= 4 is 23.4 Å². The molecule has 1 rings (SSSR count). The second-order valence-corrected chi connectivity index (χ2v) is 4.18. The molecule has 0 spiro atoms. The first kappa shape index (κ1) is 16.3. The van der Waals surface area contributed by atoms with Crippen molar-refractivity contribution in [1.82, 2.24) is 0 Å². The number of rotatable bonds is 5. The van der Waals surface area contributed by atoms with Gasteiger partial charge in [0.2, 0.25) is 5.78 Å². The number of Topliss-reactive ketones (excluding diaryl/α,β-unsaturated/α-hetero) is 1. The molecule has 0 bridgehead atoms. The molecule has 0 saturated carbocycles. The van der Waals surface area contributed by atoms with Crippen LogP contribution < -0.4 is 0 Å². The molecule has 0 atom stereocenters. The van der Waals surface area contributed by atoms with Gasteiger partial charge in [-0.2, -0.15) is 0 Å². The van der Waals surface area contributed by atoms with Crippen molar-refractivity contribution in [3.63, 3.8) is 0 Å². The lowest BCUT2D eigenvalue weighted by atomic mass is 10.0. The Morgan fingerprint density at radius 2 is 1.95 bits per heavy atom. The summed E-state index contributed by atoms with van der Waals surface area (Å²) in [7, 11) is 0. The zero-order valence-corrected chi connectivity index (χ0v) is 11.8. The molecular formula is C14H13ClF2O3. The summed E-state index contributed by atoms with van der Waals surface area (Å²) in [6.07, 6.45) is 1.72. The van der Waals surface area contributed by atoms with Crippen LogP contribution in [0.5, 0.6) is 0 Å². The number of esters is 1. The van der Waals surface area contributed by atoms with Crippen LogP contribution in [-0.4, -0.2) is 18.4 Å². The molecule has 0 heterocycles. The third-order valence-electron chi connectivity index (χ3n) is 2.43. The predicted molar refractivity (Wildman–Crippen MR) is 70.7 cm³/mol. The first-order valence-corrected chi connectivity index (χ1v) is 6.37. The van der Waals surface area contributed by atoms with Crippen LogP contribution >= 0.6 is 11.6 Å². The van der Waals surface area contributed by atoms with Gasteiger partial charge >= 0.3 is 5.97 Å². The summed E-state index contributed by atoms with van der Waals surface area (Å²) in [5, 5.41) is -0.782. The lowest BCUT2D eigenvalue weighted by Gasteiger charge is -2.08. The van der Waals surface area contributed by atoms with Crippen molar-refractivity contribution in [2.24, 2.45) is 0 Å². The third kappa shape index (κ3) is 3.42. The largest absolute Gasteiger partial charge is 0.462 e. The van der Waals surface area contributed by atoms with Crippen molar-refractivity contribution in [2.45, 2.75) is 20.3 Å². The molecule has 0 aromatic heterocycles. The highest BCUT2D eigenvalue weighted by atomic mass is 35.5. The Labute approximate surface area is 120 Å². The fourth-order valence-electron chi connectivity index (χ4n) is 1.53.